The summed E-state index contributed by atoms with van der Waals surface area (Å²) in [5.41, 5.74) is 11.7. The Labute approximate surface area is 334 Å². The van der Waals surface area contributed by atoms with E-state index in [9.17, 15) is 5.26 Å². The summed E-state index contributed by atoms with van der Waals surface area (Å²) in [4.78, 5) is 9.25. The van der Waals surface area contributed by atoms with Gasteiger partial charge in [0.1, 0.15) is 5.58 Å². The molecule has 3 aromatic heterocycles. The van der Waals surface area contributed by atoms with Gasteiger partial charge in [-0.05, 0) is 47.4 Å². The molecule has 269 valence electrons. The molecule has 8 aromatic rings. The Bertz CT molecular complexity index is 2550. The van der Waals surface area contributed by atoms with Gasteiger partial charge in [0.05, 0.1) is 5.58 Å². The van der Waals surface area contributed by atoms with Gasteiger partial charge >= 0.3 is 146 Å². The van der Waals surface area contributed by atoms with E-state index >= 15 is 0 Å². The number of nitrogens with zero attached hydrogens (tertiary/aromatic N) is 3. The fourth-order valence-electron chi connectivity index (χ4n) is 6.54. The zero-order valence-electron chi connectivity index (χ0n) is 31.1. The summed E-state index contributed by atoms with van der Waals surface area (Å²) >= 11 is -1.85. The zero-order valence-corrected chi connectivity index (χ0v) is 35.6. The average molecular weight is 941 g/mol. The molecule has 6 heteroatoms. The molecule has 0 aliphatic rings. The number of hydrogen-bond acceptors (Lipinski definition) is 4. The molecule has 0 bridgehead atoms. The van der Waals surface area contributed by atoms with E-state index in [-0.39, 0.29) is 20.1 Å². The summed E-state index contributed by atoms with van der Waals surface area (Å²) in [6, 6.07) is 51.9. The fourth-order valence-corrected chi connectivity index (χ4v) is 8.71. The molecule has 0 aliphatic heterocycles. The number of aromatic nitrogens is 2. The Morgan fingerprint density at radius 2 is 1.48 bits per heavy atom. The molecule has 0 N–H and O–H groups in total. The van der Waals surface area contributed by atoms with Crippen molar-refractivity contribution >= 4 is 39.6 Å². The molecule has 0 unspecified atom stereocenters. The Balaban J connectivity index is 0.000000184. The summed E-state index contributed by atoms with van der Waals surface area (Å²) in [5.74, 6) is 7.68. The largest absolute Gasteiger partial charge is 0 e. The van der Waals surface area contributed by atoms with Crippen LogP contribution in [0.15, 0.2) is 144 Å². The van der Waals surface area contributed by atoms with Gasteiger partial charge in [-0.25, -0.2) is 0 Å². The van der Waals surface area contributed by atoms with E-state index in [2.05, 4.69) is 132 Å². The third-order valence-corrected chi connectivity index (χ3v) is 13.6. The summed E-state index contributed by atoms with van der Waals surface area (Å²) in [5, 5.41) is 11.6. The van der Waals surface area contributed by atoms with E-state index in [4.69, 9.17) is 4.42 Å². The minimum atomic E-state index is -1.85. The number of furan rings is 1. The van der Waals surface area contributed by atoms with Crippen LogP contribution in [-0.4, -0.2) is 23.2 Å². The summed E-state index contributed by atoms with van der Waals surface area (Å²) in [6.45, 7) is 4.47. The van der Waals surface area contributed by atoms with Crippen LogP contribution in [-0.2, 0) is 26.5 Å². The van der Waals surface area contributed by atoms with Gasteiger partial charge in [0.15, 0.2) is 0 Å². The summed E-state index contributed by atoms with van der Waals surface area (Å²) in [6.07, 6.45) is 4.92. The normalized spacial score (nSPS) is 11.1. The van der Waals surface area contributed by atoms with Crippen LogP contribution in [0.5, 0.6) is 0 Å². The second kappa shape index (κ2) is 16.9. The molecule has 0 spiro atoms. The van der Waals surface area contributed by atoms with Crippen LogP contribution < -0.4 is 4.40 Å². The first-order chi connectivity index (χ1) is 25.7. The molecule has 0 amide bonds. The molecule has 8 rings (SSSR count). The van der Waals surface area contributed by atoms with E-state index in [1.54, 1.807) is 6.07 Å². The van der Waals surface area contributed by atoms with Crippen LogP contribution in [0.25, 0.3) is 66.7 Å². The number of fused-ring (bicyclic) bond motifs is 3. The number of rotatable bonds is 7. The topological polar surface area (TPSA) is 62.7 Å². The monoisotopic (exact) mass is 942 g/mol. The fraction of sp³-hybridized carbons (Fsp3) is 0.146. The predicted molar refractivity (Wildman–Crippen MR) is 221 cm³/mol. The van der Waals surface area contributed by atoms with Gasteiger partial charge in [-0.1, -0.05) is 72.8 Å². The minimum absolute atomic E-state index is 0. The maximum absolute atomic E-state index is 9.39. The third kappa shape index (κ3) is 8.64. The number of nitriles is 1. The Morgan fingerprint density at radius 3 is 2.15 bits per heavy atom. The van der Waals surface area contributed by atoms with Crippen molar-refractivity contribution in [3.63, 3.8) is 0 Å². The van der Waals surface area contributed by atoms with Crippen LogP contribution in [0.3, 0.4) is 0 Å². The van der Waals surface area contributed by atoms with Gasteiger partial charge in [0, 0.05) is 31.7 Å². The van der Waals surface area contributed by atoms with Crippen LogP contribution >= 0.6 is 0 Å². The maximum atomic E-state index is 9.39. The second-order valence-corrected chi connectivity index (χ2v) is 25.4. The van der Waals surface area contributed by atoms with Crippen molar-refractivity contribution in [3.05, 3.63) is 163 Å². The van der Waals surface area contributed by atoms with Crippen molar-refractivity contribution in [1.82, 2.24) is 9.97 Å². The predicted octanol–water partition coefficient (Wildman–Crippen LogP) is 11.9. The van der Waals surface area contributed by atoms with Crippen molar-refractivity contribution in [3.8, 4) is 50.8 Å². The molecule has 0 fully saturated rings. The molecule has 0 atom stereocenters. The molecular formula is C48H41GeIrN3O-2. The Hall–Kier alpha value is -5.12. The summed E-state index contributed by atoms with van der Waals surface area (Å²) < 4.78 is 7.66. The molecule has 3 heterocycles. The number of benzene rings is 5. The van der Waals surface area contributed by atoms with Crippen LogP contribution in [0.4, 0.5) is 0 Å². The van der Waals surface area contributed by atoms with Crippen LogP contribution in [0.1, 0.15) is 25.0 Å². The van der Waals surface area contributed by atoms with Crippen molar-refractivity contribution in [1.29, 1.82) is 5.26 Å². The molecular weight excluding hydrogens is 899 g/mol. The van der Waals surface area contributed by atoms with Crippen molar-refractivity contribution < 1.29 is 24.5 Å². The first-order valence-corrected chi connectivity index (χ1v) is 25.4. The summed E-state index contributed by atoms with van der Waals surface area (Å²) in [7, 11) is 0. The van der Waals surface area contributed by atoms with E-state index in [1.807, 2.05) is 60.9 Å². The van der Waals surface area contributed by atoms with Crippen molar-refractivity contribution in [2.45, 2.75) is 37.5 Å². The zero-order chi connectivity index (χ0) is 37.0. The molecule has 4 nitrogen and oxygen atoms in total. The maximum Gasteiger partial charge on any atom is 0 e. The van der Waals surface area contributed by atoms with Crippen LogP contribution in [0.2, 0.25) is 17.3 Å². The number of hydrogen-bond donors (Lipinski definition) is 0. The van der Waals surface area contributed by atoms with Crippen molar-refractivity contribution in [2.75, 3.05) is 0 Å². The van der Waals surface area contributed by atoms with E-state index in [0.717, 1.165) is 62.0 Å². The molecule has 1 radical (unpaired) electrons. The molecule has 0 aliphatic carbocycles. The average Bonchev–Trinajstić information content (AvgIpc) is 3.56. The van der Waals surface area contributed by atoms with Gasteiger partial charge in [-0.2, -0.15) is 0 Å². The van der Waals surface area contributed by atoms with Crippen molar-refractivity contribution in [2.24, 2.45) is 5.92 Å². The smallest absolute Gasteiger partial charge is 0 e. The standard InChI is InChI=1S/C27H22NO.C21H19GeN2.Ir/c1-18(2)15-19-13-14-28-25(16-19)23-10-6-9-22-24-17-21(20-7-4-3-5-8-20)11-12-26(24)29-27(22)23;1-22(2,3)19-11-12-21(24-15-19)17-9-10-18(14-23)20(13-17)16-7-5-4-6-8-16;/h3-9,11-14,16-18H,15H2,1-2H3;4-8,10-13,15H,1-3H3;/q2*-1;. The van der Waals surface area contributed by atoms with E-state index in [1.165, 1.54) is 21.1 Å². The Kier molecular flexibility index (Phi) is 12.1. The van der Waals surface area contributed by atoms with Gasteiger partial charge in [-0.15, -0.1) is 18.2 Å². The molecule has 54 heavy (non-hydrogen) atoms. The quantitative estimate of drug-likeness (QED) is 0.118. The molecule has 0 saturated heterocycles. The first kappa shape index (κ1) is 38.6. The van der Waals surface area contributed by atoms with Gasteiger partial charge < -0.3 is 9.40 Å². The Morgan fingerprint density at radius 1 is 0.741 bits per heavy atom. The first-order valence-electron chi connectivity index (χ1n) is 18.0. The van der Waals surface area contributed by atoms with Gasteiger partial charge in [0.25, 0.3) is 0 Å². The van der Waals surface area contributed by atoms with Gasteiger partial charge in [-0.3, -0.25) is 0 Å². The second-order valence-electron chi connectivity index (χ2n) is 14.8. The third-order valence-electron chi connectivity index (χ3n) is 9.32. The molecule has 5 aromatic carbocycles. The molecule has 0 saturated carbocycles. The van der Waals surface area contributed by atoms with Crippen LogP contribution in [0, 0.1) is 29.4 Å². The van der Waals surface area contributed by atoms with E-state index in [0.29, 0.717) is 11.5 Å². The SMILES string of the molecule is CC(C)Cc1ccnc(-c2[c-]ccc3c2oc2ccc(-c4ccccc4)cc23)c1.[CH3][Ge]([CH3])([CH3])[c]1ccc(-c2[c-]cc(C#N)c(-c3ccccc3)c2)nc1.[Ir]. The minimum Gasteiger partial charge on any atom is 0 e. The number of pyridine rings is 2. The van der Waals surface area contributed by atoms with Gasteiger partial charge in [0.2, 0.25) is 0 Å². The van der Waals surface area contributed by atoms with E-state index < -0.39 is 13.3 Å².